The second-order valence-corrected chi connectivity index (χ2v) is 5.45. The number of aromatic nitrogens is 3. The Hall–Kier alpha value is -2.02. The van der Waals surface area contributed by atoms with Gasteiger partial charge in [-0.15, -0.1) is 10.2 Å². The number of fused-ring (bicyclic) bond motifs is 1. The normalized spacial score (nSPS) is 13.2. The van der Waals surface area contributed by atoms with E-state index in [1.807, 2.05) is 4.57 Å². The average Bonchev–Trinajstić information content (AvgIpc) is 3.07. The smallest absolute Gasteiger partial charge is 0.252 e. The average molecular weight is 327 g/mol. The monoisotopic (exact) mass is 326 g/mol. The van der Waals surface area contributed by atoms with Crippen molar-refractivity contribution in [1.82, 2.24) is 20.1 Å². The summed E-state index contributed by atoms with van der Waals surface area (Å²) in [6.07, 6.45) is 2.48. The fourth-order valence-electron chi connectivity index (χ4n) is 2.48. The molecular weight excluding hydrogens is 314 g/mol. The van der Waals surface area contributed by atoms with Crippen LogP contribution in [0.5, 0.6) is 0 Å². The molecule has 2 heterocycles. The van der Waals surface area contributed by atoms with Gasteiger partial charge in [-0.2, -0.15) is 0 Å². The zero-order valence-corrected chi connectivity index (χ0v) is 12.3. The zero-order chi connectivity index (χ0) is 15.7. The van der Waals surface area contributed by atoms with Gasteiger partial charge in [0.15, 0.2) is 11.6 Å². The van der Waals surface area contributed by atoms with Crippen LogP contribution in [0, 0.1) is 11.6 Å². The van der Waals surface area contributed by atoms with Crippen molar-refractivity contribution in [3.63, 3.8) is 0 Å². The molecule has 8 heteroatoms. The molecule has 1 aromatic heterocycles. The van der Waals surface area contributed by atoms with Gasteiger partial charge in [0.05, 0.1) is 10.6 Å². The Morgan fingerprint density at radius 1 is 1.32 bits per heavy atom. The van der Waals surface area contributed by atoms with Gasteiger partial charge in [0, 0.05) is 25.9 Å². The number of halogens is 3. The van der Waals surface area contributed by atoms with E-state index in [9.17, 15) is 13.6 Å². The minimum absolute atomic E-state index is 0.0907. The summed E-state index contributed by atoms with van der Waals surface area (Å²) in [5, 5.41) is 10.6. The number of nitrogens with zero attached hydrogens (tertiary/aromatic N) is 3. The number of benzene rings is 1. The Bertz CT molecular complexity index is 732. The van der Waals surface area contributed by atoms with Crippen LogP contribution in [0.3, 0.4) is 0 Å². The van der Waals surface area contributed by atoms with Gasteiger partial charge in [0.25, 0.3) is 5.91 Å². The molecular formula is C14H13ClF2N4O. The molecule has 0 radical (unpaired) electrons. The topological polar surface area (TPSA) is 59.8 Å². The Balaban J connectivity index is 1.62. The van der Waals surface area contributed by atoms with E-state index in [-0.39, 0.29) is 10.6 Å². The van der Waals surface area contributed by atoms with Crippen LogP contribution in [-0.2, 0) is 19.4 Å². The van der Waals surface area contributed by atoms with E-state index in [1.54, 1.807) is 0 Å². The van der Waals surface area contributed by atoms with Gasteiger partial charge in [-0.05, 0) is 18.6 Å². The van der Waals surface area contributed by atoms with Crippen molar-refractivity contribution in [2.45, 2.75) is 25.8 Å². The Kier molecular flexibility index (Phi) is 4.06. The van der Waals surface area contributed by atoms with Crippen LogP contribution in [0.4, 0.5) is 8.78 Å². The number of hydrogen-bond donors (Lipinski definition) is 1. The molecule has 0 saturated heterocycles. The number of nitrogens with one attached hydrogen (secondary N) is 1. The van der Waals surface area contributed by atoms with Gasteiger partial charge in [-0.3, -0.25) is 4.79 Å². The van der Waals surface area contributed by atoms with E-state index in [0.717, 1.165) is 43.2 Å². The molecule has 1 aliphatic rings. The first-order valence-electron chi connectivity index (χ1n) is 6.90. The third-order valence-electron chi connectivity index (χ3n) is 3.57. The van der Waals surface area contributed by atoms with Crippen LogP contribution in [0.1, 0.15) is 28.4 Å². The third-order valence-corrected chi connectivity index (χ3v) is 3.89. The second kappa shape index (κ2) is 6.00. The molecule has 0 bridgehead atoms. The lowest BCUT2D eigenvalue weighted by Crippen LogP contribution is -2.27. The SMILES string of the molecule is O=C(NCCc1nnc2n1CCC2)c1cc(F)c(F)cc1Cl. The van der Waals surface area contributed by atoms with Crippen molar-refractivity contribution in [1.29, 1.82) is 0 Å². The Morgan fingerprint density at radius 3 is 2.91 bits per heavy atom. The molecule has 1 aromatic carbocycles. The van der Waals surface area contributed by atoms with E-state index in [4.69, 9.17) is 11.6 Å². The lowest BCUT2D eigenvalue weighted by atomic mass is 10.2. The zero-order valence-electron chi connectivity index (χ0n) is 11.6. The number of carbonyl (C=O) groups excluding carboxylic acids is 1. The molecule has 22 heavy (non-hydrogen) atoms. The van der Waals surface area contributed by atoms with Crippen molar-refractivity contribution in [2.24, 2.45) is 0 Å². The van der Waals surface area contributed by atoms with Gasteiger partial charge in [-0.1, -0.05) is 11.6 Å². The molecule has 0 unspecified atom stereocenters. The summed E-state index contributed by atoms with van der Waals surface area (Å²) >= 11 is 5.76. The second-order valence-electron chi connectivity index (χ2n) is 5.04. The van der Waals surface area contributed by atoms with Gasteiger partial charge >= 0.3 is 0 Å². The van der Waals surface area contributed by atoms with E-state index in [1.165, 1.54) is 0 Å². The summed E-state index contributed by atoms with van der Waals surface area (Å²) in [7, 11) is 0. The predicted octanol–water partition coefficient (Wildman–Crippen LogP) is 2.13. The highest BCUT2D eigenvalue weighted by molar-refractivity contribution is 6.33. The lowest BCUT2D eigenvalue weighted by molar-refractivity contribution is 0.0953. The van der Waals surface area contributed by atoms with E-state index < -0.39 is 17.5 Å². The summed E-state index contributed by atoms with van der Waals surface area (Å²) in [6, 6.07) is 1.58. The fraction of sp³-hybridized carbons (Fsp3) is 0.357. The third kappa shape index (κ3) is 2.81. The van der Waals surface area contributed by atoms with Gasteiger partial charge in [-0.25, -0.2) is 8.78 Å². The van der Waals surface area contributed by atoms with Crippen molar-refractivity contribution < 1.29 is 13.6 Å². The van der Waals surface area contributed by atoms with Crippen LogP contribution in [0.15, 0.2) is 12.1 Å². The van der Waals surface area contributed by atoms with Crippen LogP contribution >= 0.6 is 11.6 Å². The molecule has 1 aliphatic heterocycles. The Morgan fingerprint density at radius 2 is 2.09 bits per heavy atom. The molecule has 0 aliphatic carbocycles. The number of rotatable bonds is 4. The summed E-state index contributed by atoms with van der Waals surface area (Å²) in [5.74, 6) is -0.968. The molecule has 2 aromatic rings. The van der Waals surface area contributed by atoms with Crippen molar-refractivity contribution in [3.8, 4) is 0 Å². The van der Waals surface area contributed by atoms with Crippen molar-refractivity contribution in [2.75, 3.05) is 6.54 Å². The summed E-state index contributed by atoms with van der Waals surface area (Å²) < 4.78 is 28.2. The number of amides is 1. The first-order chi connectivity index (χ1) is 10.6. The Labute approximate surface area is 130 Å². The highest BCUT2D eigenvalue weighted by atomic mass is 35.5. The fourth-order valence-corrected chi connectivity index (χ4v) is 2.71. The molecule has 0 fully saturated rings. The van der Waals surface area contributed by atoms with Gasteiger partial charge in [0.2, 0.25) is 0 Å². The molecule has 5 nitrogen and oxygen atoms in total. The lowest BCUT2D eigenvalue weighted by Gasteiger charge is -2.07. The molecule has 3 rings (SSSR count). The molecule has 116 valence electrons. The number of hydrogen-bond acceptors (Lipinski definition) is 3. The van der Waals surface area contributed by atoms with Crippen LogP contribution in [-0.4, -0.2) is 27.2 Å². The van der Waals surface area contributed by atoms with Crippen LogP contribution < -0.4 is 5.32 Å². The van der Waals surface area contributed by atoms with Crippen molar-refractivity contribution >= 4 is 17.5 Å². The van der Waals surface area contributed by atoms with Gasteiger partial charge in [0.1, 0.15) is 11.6 Å². The van der Waals surface area contributed by atoms with Crippen LogP contribution in [0.2, 0.25) is 5.02 Å². The summed E-state index contributed by atoms with van der Waals surface area (Å²) in [4.78, 5) is 12.0. The van der Waals surface area contributed by atoms with Gasteiger partial charge < -0.3 is 9.88 Å². The standard InChI is InChI=1S/C14H13ClF2N4O/c15-9-7-11(17)10(16)6-8(9)14(22)18-4-3-13-20-19-12-2-1-5-21(12)13/h6-7H,1-5H2,(H,18,22). The van der Waals surface area contributed by atoms with E-state index in [2.05, 4.69) is 15.5 Å². The molecule has 1 amide bonds. The first kappa shape index (κ1) is 14.9. The predicted molar refractivity (Wildman–Crippen MR) is 75.7 cm³/mol. The van der Waals surface area contributed by atoms with E-state index >= 15 is 0 Å². The number of carbonyl (C=O) groups is 1. The minimum Gasteiger partial charge on any atom is -0.352 e. The maximum absolute atomic E-state index is 13.2. The van der Waals surface area contributed by atoms with Crippen LogP contribution in [0.25, 0.3) is 0 Å². The number of aryl methyl sites for hydroxylation is 1. The molecule has 0 spiro atoms. The maximum atomic E-state index is 13.2. The minimum atomic E-state index is -1.11. The summed E-state index contributed by atoms with van der Waals surface area (Å²) in [6.45, 7) is 1.20. The molecule has 0 saturated carbocycles. The molecule has 1 N–H and O–H groups in total. The van der Waals surface area contributed by atoms with Crippen molar-refractivity contribution in [3.05, 3.63) is 46.0 Å². The highest BCUT2D eigenvalue weighted by Gasteiger charge is 2.18. The molecule has 0 atom stereocenters. The maximum Gasteiger partial charge on any atom is 0.252 e. The highest BCUT2D eigenvalue weighted by Crippen LogP contribution is 2.20. The quantitative estimate of drug-likeness (QED) is 0.876. The first-order valence-corrected chi connectivity index (χ1v) is 7.28. The summed E-state index contributed by atoms with van der Waals surface area (Å²) in [5.41, 5.74) is -0.0907. The largest absolute Gasteiger partial charge is 0.352 e. The van der Waals surface area contributed by atoms with E-state index in [0.29, 0.717) is 13.0 Å².